The number of hydrogen-bond acceptors (Lipinski definition) is 5. The van der Waals surface area contributed by atoms with Crippen molar-refractivity contribution >= 4 is 17.7 Å². The summed E-state index contributed by atoms with van der Waals surface area (Å²) < 4.78 is 16.7. The summed E-state index contributed by atoms with van der Waals surface area (Å²) in [5.41, 5.74) is -0.528. The van der Waals surface area contributed by atoms with Crippen LogP contribution in [0.4, 0.5) is 10.5 Å². The van der Waals surface area contributed by atoms with Crippen molar-refractivity contribution in [2.45, 2.75) is 78.6 Å². The quantitative estimate of drug-likeness (QED) is 0.464. The van der Waals surface area contributed by atoms with E-state index in [9.17, 15) is 9.59 Å². The molecule has 164 valence electrons. The molecule has 0 fully saturated rings. The number of hydrogen-bond donors (Lipinski definition) is 2. The predicted octanol–water partition coefficient (Wildman–Crippen LogP) is 4.51. The molecular weight excluding hydrogens is 372 g/mol. The highest BCUT2D eigenvalue weighted by atomic mass is 16.6. The molecule has 0 bridgehead atoms. The summed E-state index contributed by atoms with van der Waals surface area (Å²) in [5, 5.41) is 5.35. The maximum atomic E-state index is 12.5. The molecule has 0 saturated heterocycles. The van der Waals surface area contributed by atoms with Crippen LogP contribution in [0.15, 0.2) is 24.3 Å². The van der Waals surface area contributed by atoms with Crippen LogP contribution in [-0.2, 0) is 14.3 Å². The molecule has 0 aliphatic rings. The van der Waals surface area contributed by atoms with E-state index in [1.807, 2.05) is 20.8 Å². The normalized spacial score (nSPS) is 12.8. The van der Waals surface area contributed by atoms with Crippen molar-refractivity contribution < 1.29 is 23.8 Å². The second-order valence-corrected chi connectivity index (χ2v) is 8.83. The Balaban J connectivity index is 2.69. The van der Waals surface area contributed by atoms with Crippen molar-refractivity contribution in [3.63, 3.8) is 0 Å². The maximum absolute atomic E-state index is 12.5. The highest BCUT2D eigenvalue weighted by Gasteiger charge is 2.28. The topological polar surface area (TPSA) is 85.9 Å². The van der Waals surface area contributed by atoms with E-state index in [0.29, 0.717) is 12.3 Å². The first-order valence-corrected chi connectivity index (χ1v) is 10.1. The SMILES string of the molecule is CCCCOc1ccc(NC(=O)NC(COC(C)(C)C)C(=O)OC(C)(C)C)cc1. The van der Waals surface area contributed by atoms with Gasteiger partial charge in [-0.2, -0.15) is 0 Å². The molecule has 1 atom stereocenters. The molecule has 29 heavy (non-hydrogen) atoms. The third-order valence-corrected chi connectivity index (χ3v) is 3.56. The highest BCUT2D eigenvalue weighted by Crippen LogP contribution is 2.16. The van der Waals surface area contributed by atoms with Crippen molar-refractivity contribution in [2.24, 2.45) is 0 Å². The first kappa shape index (κ1) is 24.8. The lowest BCUT2D eigenvalue weighted by molar-refractivity contribution is -0.160. The molecule has 0 aliphatic carbocycles. The van der Waals surface area contributed by atoms with Crippen molar-refractivity contribution in [3.8, 4) is 5.75 Å². The Labute approximate surface area is 174 Å². The number of anilines is 1. The molecule has 1 rings (SSSR count). The largest absolute Gasteiger partial charge is 0.494 e. The Kier molecular flexibility index (Phi) is 9.43. The van der Waals surface area contributed by atoms with Gasteiger partial charge in [-0.1, -0.05) is 13.3 Å². The van der Waals surface area contributed by atoms with Crippen LogP contribution in [0.5, 0.6) is 5.75 Å². The standard InChI is InChI=1S/C22H36N2O5/c1-8-9-14-27-17-12-10-16(11-13-17)23-20(26)24-18(15-28-21(2,3)4)19(25)29-22(5,6)7/h10-13,18H,8-9,14-15H2,1-7H3,(H2,23,24,26). The number of ether oxygens (including phenoxy) is 3. The van der Waals surface area contributed by atoms with Gasteiger partial charge in [-0.3, -0.25) is 0 Å². The zero-order valence-corrected chi connectivity index (χ0v) is 18.8. The second-order valence-electron chi connectivity index (χ2n) is 8.83. The lowest BCUT2D eigenvalue weighted by atomic mass is 10.1. The summed E-state index contributed by atoms with van der Waals surface area (Å²) in [6, 6.07) is 5.63. The number of urea groups is 1. The fourth-order valence-electron chi connectivity index (χ4n) is 2.17. The summed E-state index contributed by atoms with van der Waals surface area (Å²) in [6.07, 6.45) is 2.06. The average molecular weight is 409 g/mol. The van der Waals surface area contributed by atoms with Gasteiger partial charge < -0.3 is 24.8 Å². The van der Waals surface area contributed by atoms with Gasteiger partial charge in [0.05, 0.1) is 18.8 Å². The summed E-state index contributed by atoms with van der Waals surface area (Å²) in [6.45, 7) is 13.7. The predicted molar refractivity (Wildman–Crippen MR) is 114 cm³/mol. The van der Waals surface area contributed by atoms with E-state index < -0.39 is 29.2 Å². The number of rotatable bonds is 9. The molecule has 0 heterocycles. The molecule has 2 N–H and O–H groups in total. The van der Waals surface area contributed by atoms with Gasteiger partial charge in [-0.05, 0) is 72.2 Å². The minimum atomic E-state index is -0.926. The first-order valence-electron chi connectivity index (χ1n) is 10.1. The summed E-state index contributed by atoms with van der Waals surface area (Å²) in [7, 11) is 0. The van der Waals surface area contributed by atoms with E-state index in [-0.39, 0.29) is 6.61 Å². The number of unbranched alkanes of at least 4 members (excludes halogenated alkanes) is 1. The monoisotopic (exact) mass is 408 g/mol. The lowest BCUT2D eigenvalue weighted by Gasteiger charge is -2.27. The Morgan fingerprint density at radius 1 is 1.00 bits per heavy atom. The Bertz CT molecular complexity index is 645. The van der Waals surface area contributed by atoms with Gasteiger partial charge in [-0.25, -0.2) is 9.59 Å². The molecule has 2 amide bonds. The van der Waals surface area contributed by atoms with Gasteiger partial charge in [0.15, 0.2) is 6.04 Å². The van der Waals surface area contributed by atoms with Gasteiger partial charge >= 0.3 is 12.0 Å². The van der Waals surface area contributed by atoms with Crippen molar-refractivity contribution in [2.75, 3.05) is 18.5 Å². The van der Waals surface area contributed by atoms with Crippen LogP contribution in [0.3, 0.4) is 0 Å². The summed E-state index contributed by atoms with van der Waals surface area (Å²) in [4.78, 5) is 24.9. The van der Waals surface area contributed by atoms with Gasteiger partial charge in [0.1, 0.15) is 11.4 Å². The van der Waals surface area contributed by atoms with Gasteiger partial charge in [-0.15, -0.1) is 0 Å². The highest BCUT2D eigenvalue weighted by molar-refractivity contribution is 5.92. The maximum Gasteiger partial charge on any atom is 0.331 e. The van der Waals surface area contributed by atoms with Crippen LogP contribution < -0.4 is 15.4 Å². The molecule has 1 aromatic rings. The van der Waals surface area contributed by atoms with Crippen molar-refractivity contribution in [3.05, 3.63) is 24.3 Å². The fourth-order valence-corrected chi connectivity index (χ4v) is 2.17. The van der Waals surface area contributed by atoms with E-state index in [1.165, 1.54) is 0 Å². The second kappa shape index (κ2) is 11.0. The van der Waals surface area contributed by atoms with Crippen LogP contribution in [0.2, 0.25) is 0 Å². The van der Waals surface area contributed by atoms with E-state index in [1.54, 1.807) is 45.0 Å². The third-order valence-electron chi connectivity index (χ3n) is 3.56. The molecular formula is C22H36N2O5. The minimum absolute atomic E-state index is 0.00996. The Hall–Kier alpha value is -2.28. The molecule has 0 aromatic heterocycles. The minimum Gasteiger partial charge on any atom is -0.494 e. The van der Waals surface area contributed by atoms with E-state index in [4.69, 9.17) is 14.2 Å². The summed E-state index contributed by atoms with van der Waals surface area (Å²) in [5.74, 6) is 0.200. The molecule has 0 radical (unpaired) electrons. The van der Waals surface area contributed by atoms with Gasteiger partial charge in [0.2, 0.25) is 0 Å². The molecule has 0 spiro atoms. The number of carbonyl (C=O) groups excluding carboxylic acids is 2. The average Bonchev–Trinajstić information content (AvgIpc) is 2.58. The number of carbonyl (C=O) groups is 2. The molecule has 0 saturated carbocycles. The van der Waals surface area contributed by atoms with Crippen LogP contribution in [-0.4, -0.2) is 42.5 Å². The lowest BCUT2D eigenvalue weighted by Crippen LogP contribution is -2.49. The Morgan fingerprint density at radius 3 is 2.14 bits per heavy atom. The number of benzene rings is 1. The van der Waals surface area contributed by atoms with E-state index in [0.717, 1.165) is 18.6 Å². The van der Waals surface area contributed by atoms with Crippen molar-refractivity contribution in [1.29, 1.82) is 0 Å². The first-order chi connectivity index (χ1) is 13.4. The fraction of sp³-hybridized carbons (Fsp3) is 0.636. The molecule has 1 aromatic carbocycles. The van der Waals surface area contributed by atoms with Crippen LogP contribution in [0.1, 0.15) is 61.3 Å². The van der Waals surface area contributed by atoms with Gasteiger partial charge in [0, 0.05) is 5.69 Å². The zero-order valence-electron chi connectivity index (χ0n) is 18.8. The number of esters is 1. The van der Waals surface area contributed by atoms with Crippen LogP contribution >= 0.6 is 0 Å². The van der Waals surface area contributed by atoms with E-state index in [2.05, 4.69) is 17.6 Å². The van der Waals surface area contributed by atoms with Crippen LogP contribution in [0, 0.1) is 0 Å². The van der Waals surface area contributed by atoms with E-state index >= 15 is 0 Å². The molecule has 7 nitrogen and oxygen atoms in total. The Morgan fingerprint density at radius 2 is 1.62 bits per heavy atom. The molecule has 1 unspecified atom stereocenters. The third kappa shape index (κ3) is 11.3. The summed E-state index contributed by atoms with van der Waals surface area (Å²) >= 11 is 0. The van der Waals surface area contributed by atoms with Gasteiger partial charge in [0.25, 0.3) is 0 Å². The zero-order chi connectivity index (χ0) is 22.1. The smallest absolute Gasteiger partial charge is 0.331 e. The van der Waals surface area contributed by atoms with Crippen molar-refractivity contribution in [1.82, 2.24) is 5.32 Å². The molecule has 7 heteroatoms. The van der Waals surface area contributed by atoms with Crippen LogP contribution in [0.25, 0.3) is 0 Å². The number of amides is 2. The number of nitrogens with one attached hydrogen (secondary N) is 2. The molecule has 0 aliphatic heterocycles.